The lowest BCUT2D eigenvalue weighted by Gasteiger charge is -2.37. The van der Waals surface area contributed by atoms with E-state index in [2.05, 4.69) is 6.58 Å². The van der Waals surface area contributed by atoms with Crippen LogP contribution in [-0.4, -0.2) is 74.5 Å². The molecule has 0 saturated carbocycles. The van der Waals surface area contributed by atoms with Gasteiger partial charge in [0.15, 0.2) is 0 Å². The van der Waals surface area contributed by atoms with Crippen LogP contribution in [0.5, 0.6) is 0 Å². The lowest BCUT2D eigenvalue weighted by atomic mass is 10.4. The molecule has 0 aliphatic rings. The van der Waals surface area contributed by atoms with Crippen molar-refractivity contribution >= 4 is 32.4 Å². The zero-order valence-electron chi connectivity index (χ0n) is 17.0. The summed E-state index contributed by atoms with van der Waals surface area (Å²) in [5, 5.41) is 0. The molecule has 0 bridgehead atoms. The van der Waals surface area contributed by atoms with Crippen molar-refractivity contribution < 1.29 is 39.9 Å². The van der Waals surface area contributed by atoms with Crippen molar-refractivity contribution in [2.24, 2.45) is 0 Å². The van der Waals surface area contributed by atoms with Crippen LogP contribution >= 0.6 is 0 Å². The molecule has 0 aliphatic carbocycles. The summed E-state index contributed by atoms with van der Waals surface area (Å²) >= 11 is 0. The highest BCUT2D eigenvalue weighted by atomic mass is 28.5. The van der Waals surface area contributed by atoms with Crippen LogP contribution in [0, 0.1) is 0 Å². The highest BCUT2D eigenvalue weighted by Gasteiger charge is 2.53. The maximum Gasteiger partial charge on any atom is 0.493 e. The molecule has 0 spiro atoms. The number of hydrogen-bond donors (Lipinski definition) is 0. The van der Waals surface area contributed by atoms with Crippen LogP contribution in [0.2, 0.25) is 19.1 Å². The number of rotatable bonds is 14. The van der Waals surface area contributed by atoms with Crippen molar-refractivity contribution in [3.8, 4) is 0 Å². The molecule has 0 aromatic heterocycles. The zero-order chi connectivity index (χ0) is 20.4. The molecule has 0 N–H and O–H groups in total. The molecule has 0 aromatic rings. The van der Waals surface area contributed by atoms with E-state index >= 15 is 0 Å². The second-order valence-electron chi connectivity index (χ2n) is 5.65. The van der Waals surface area contributed by atoms with Gasteiger partial charge in [0, 0.05) is 60.3 Å². The van der Waals surface area contributed by atoms with Crippen molar-refractivity contribution in [3.63, 3.8) is 0 Å². The smallest absolute Gasteiger partial charge is 0.462 e. The number of carbonyl (C=O) groups excluding carboxylic acids is 1. The van der Waals surface area contributed by atoms with E-state index in [1.54, 1.807) is 20.0 Å². The molecule has 0 aromatic carbocycles. The van der Waals surface area contributed by atoms with Gasteiger partial charge in [0.1, 0.15) is 0 Å². The van der Waals surface area contributed by atoms with Crippen molar-refractivity contribution in [2.75, 3.05) is 42.2 Å². The van der Waals surface area contributed by atoms with Gasteiger partial charge < -0.3 is 35.1 Å². The van der Waals surface area contributed by atoms with Crippen molar-refractivity contribution in [1.82, 2.24) is 0 Å². The average Bonchev–Trinajstić information content (AvgIpc) is 2.63. The van der Waals surface area contributed by atoms with E-state index in [-0.39, 0.29) is 51.2 Å². The Morgan fingerprint density at radius 2 is 1.12 bits per heavy atom. The van der Waals surface area contributed by atoms with E-state index < -0.39 is 32.4 Å². The van der Waals surface area contributed by atoms with Crippen molar-refractivity contribution in [2.45, 2.75) is 77.0 Å². The first kappa shape index (κ1) is 48.9. The minimum atomic E-state index is -3.18. The zero-order valence-corrected chi connectivity index (χ0v) is 20.0. The minimum absolute atomic E-state index is 0. The Kier molecular flexibility index (Phi) is 34.2. The summed E-state index contributed by atoms with van der Waals surface area (Å²) in [5.41, 5.74) is 0.347. The molecule has 0 saturated heterocycles. The summed E-state index contributed by atoms with van der Waals surface area (Å²) in [5.74, 6) is -0.436. The lowest BCUT2D eigenvalue weighted by molar-refractivity contribution is -0.139. The maximum atomic E-state index is 11.4. The molecule has 0 rings (SSSR count). The first-order valence-electron chi connectivity index (χ1n) is 8.03. The quantitative estimate of drug-likeness (QED) is 0.124. The predicted octanol–water partition coefficient (Wildman–Crippen LogP) is 5.65. The summed E-state index contributed by atoms with van der Waals surface area (Å²) in [6, 6.07) is 0.414. The molecule has 0 amide bonds. The van der Waals surface area contributed by atoms with E-state index in [1.165, 1.54) is 35.5 Å². The van der Waals surface area contributed by atoms with Crippen LogP contribution in [0.1, 0.15) is 57.9 Å². The molecule has 1 atom stereocenters. The number of esters is 1. The molecule has 0 radical (unpaired) electrons. The van der Waals surface area contributed by atoms with Gasteiger partial charge in [-0.3, -0.25) is 0 Å². The summed E-state index contributed by atoms with van der Waals surface area (Å²) < 4.78 is 44.6. The monoisotopic (exact) mass is 524 g/mol. The average molecular weight is 525 g/mol. The van der Waals surface area contributed by atoms with Gasteiger partial charge in [-0.1, -0.05) is 51.1 Å². The third-order valence-corrected chi connectivity index (χ3v) is 13.8. The summed E-state index contributed by atoms with van der Waals surface area (Å²) in [6.45, 7) is 8.78. The summed E-state index contributed by atoms with van der Waals surface area (Å²) in [4.78, 5) is 11.4. The van der Waals surface area contributed by atoms with E-state index in [0.717, 1.165) is 0 Å². The SMILES string of the molecule is C.C.C.C.C.C.C=C(C)C(=O)OCCC[Si](OC)(OC)O[Si](C)(OC)O[Si](C)(OC)OC. The normalized spacial score (nSPS) is 12.0. The van der Waals surface area contributed by atoms with Crippen LogP contribution in [0.3, 0.4) is 0 Å². The van der Waals surface area contributed by atoms with E-state index in [9.17, 15) is 4.79 Å². The van der Waals surface area contributed by atoms with Gasteiger partial charge in [-0.25, -0.2) is 4.79 Å². The molecule has 0 fully saturated rings. The molecular weight excluding hydrogens is 468 g/mol. The molecule has 12 heteroatoms. The van der Waals surface area contributed by atoms with Crippen molar-refractivity contribution in [1.29, 1.82) is 0 Å². The van der Waals surface area contributed by atoms with E-state index in [1.807, 2.05) is 0 Å². The fraction of sp³-hybridized carbons (Fsp3) is 0.850. The Bertz CT molecular complexity index is 460. The van der Waals surface area contributed by atoms with Crippen LogP contribution in [0.25, 0.3) is 0 Å². The topological polar surface area (TPSA) is 90.9 Å². The van der Waals surface area contributed by atoms with Gasteiger partial charge in [0.25, 0.3) is 0 Å². The first-order chi connectivity index (χ1) is 12.0. The number of hydrogen-bond acceptors (Lipinski definition) is 9. The van der Waals surface area contributed by atoms with Crippen molar-refractivity contribution in [3.05, 3.63) is 12.2 Å². The van der Waals surface area contributed by atoms with Gasteiger partial charge in [-0.15, -0.1) is 0 Å². The second-order valence-corrected chi connectivity index (χ2v) is 14.6. The van der Waals surface area contributed by atoms with E-state index in [4.69, 9.17) is 35.1 Å². The fourth-order valence-electron chi connectivity index (χ4n) is 1.89. The highest BCUT2D eigenvalue weighted by molar-refractivity contribution is 6.79. The first-order valence-corrected chi connectivity index (χ1v) is 14.4. The van der Waals surface area contributed by atoms with Crippen LogP contribution < -0.4 is 0 Å². The van der Waals surface area contributed by atoms with Crippen LogP contribution in [-0.2, 0) is 39.9 Å². The molecule has 32 heavy (non-hydrogen) atoms. The van der Waals surface area contributed by atoms with Gasteiger partial charge in [0.05, 0.1) is 6.61 Å². The predicted molar refractivity (Wildman–Crippen MR) is 142 cm³/mol. The van der Waals surface area contributed by atoms with Gasteiger partial charge in [-0.2, -0.15) is 0 Å². The largest absolute Gasteiger partial charge is 0.493 e. The fourth-order valence-corrected chi connectivity index (χ4v) is 11.1. The van der Waals surface area contributed by atoms with Crippen LogP contribution in [0.15, 0.2) is 12.2 Å². The Morgan fingerprint density at radius 3 is 1.44 bits per heavy atom. The Labute approximate surface area is 203 Å². The second kappa shape index (κ2) is 22.4. The lowest BCUT2D eigenvalue weighted by Crippen LogP contribution is -2.61. The molecule has 1 unspecified atom stereocenters. The van der Waals surface area contributed by atoms with Gasteiger partial charge in [0.2, 0.25) is 0 Å². The molecule has 0 aliphatic heterocycles. The Balaban J connectivity index is -0.000000208. The molecular formula is C20H56O9Si3. The standard InChI is InChI=1S/C14H32O9Si3.6CH4/c1-13(2)14(15)21-11-10-12-26(19-6,20-7)23-25(9,18-5)22-24(8,16-3)17-4;;;;;;/h1,10-12H2,2-9H3;6*1H4. The molecule has 202 valence electrons. The highest BCUT2D eigenvalue weighted by Crippen LogP contribution is 2.26. The van der Waals surface area contributed by atoms with E-state index in [0.29, 0.717) is 18.0 Å². The summed E-state index contributed by atoms with van der Waals surface area (Å²) in [7, 11) is -1.68. The third-order valence-electron chi connectivity index (χ3n) is 3.65. The Hall–Kier alpha value is -0.419. The van der Waals surface area contributed by atoms with Gasteiger partial charge >= 0.3 is 32.4 Å². The third kappa shape index (κ3) is 16.2. The molecule has 0 heterocycles. The Morgan fingerprint density at radius 1 is 0.719 bits per heavy atom. The number of carbonyl (C=O) groups is 1. The molecule has 9 nitrogen and oxygen atoms in total. The summed E-state index contributed by atoms with van der Waals surface area (Å²) in [6.07, 6.45) is 0.490. The maximum absolute atomic E-state index is 11.4. The van der Waals surface area contributed by atoms with Gasteiger partial charge in [-0.05, 0) is 13.3 Å². The number of ether oxygens (including phenoxy) is 1. The van der Waals surface area contributed by atoms with Crippen LogP contribution in [0.4, 0.5) is 0 Å². The minimum Gasteiger partial charge on any atom is -0.462 e.